The Balaban J connectivity index is 1.51. The summed E-state index contributed by atoms with van der Waals surface area (Å²) in [6, 6.07) is 10.5. The Morgan fingerprint density at radius 3 is 2.48 bits per heavy atom. The first-order valence-corrected chi connectivity index (χ1v) is 11.4. The third-order valence-corrected chi connectivity index (χ3v) is 6.34. The van der Waals surface area contributed by atoms with Crippen LogP contribution in [0.15, 0.2) is 42.5 Å². The lowest BCUT2D eigenvalue weighted by atomic mass is 9.95. The van der Waals surface area contributed by atoms with Crippen LogP contribution in [0.5, 0.6) is 0 Å². The highest BCUT2D eigenvalue weighted by Crippen LogP contribution is 2.51. The number of amides is 1. The van der Waals surface area contributed by atoms with Crippen LogP contribution in [0.25, 0.3) is 11.1 Å². The van der Waals surface area contributed by atoms with Crippen molar-refractivity contribution < 1.29 is 22.0 Å². The maximum Gasteiger partial charge on any atom is 0.226 e. The zero-order valence-electron chi connectivity index (χ0n) is 15.9. The van der Waals surface area contributed by atoms with Gasteiger partial charge in [-0.05, 0) is 42.0 Å². The van der Waals surface area contributed by atoms with Gasteiger partial charge in [0.2, 0.25) is 15.9 Å². The lowest BCUT2D eigenvalue weighted by Gasteiger charge is -2.17. The van der Waals surface area contributed by atoms with Crippen molar-refractivity contribution in [1.82, 2.24) is 9.62 Å². The normalized spacial score (nSPS) is 24.0. The average molecular weight is 420 g/mol. The number of benzene rings is 2. The molecule has 1 aliphatic heterocycles. The fourth-order valence-electron chi connectivity index (χ4n) is 4.21. The molecule has 2 fully saturated rings. The summed E-state index contributed by atoms with van der Waals surface area (Å²) in [6.07, 6.45) is 2.30. The van der Waals surface area contributed by atoms with Crippen molar-refractivity contribution in [2.45, 2.75) is 24.8 Å². The summed E-state index contributed by atoms with van der Waals surface area (Å²) in [4.78, 5) is 14.6. The maximum atomic E-state index is 14.3. The summed E-state index contributed by atoms with van der Waals surface area (Å²) >= 11 is 0. The van der Waals surface area contributed by atoms with Gasteiger partial charge in [0.1, 0.15) is 11.6 Å². The second kappa shape index (κ2) is 7.50. The van der Waals surface area contributed by atoms with Crippen LogP contribution >= 0.6 is 0 Å². The molecule has 0 spiro atoms. The SMILES string of the molecule is CS(=O)(=O)N[C@H]1CCN(C(=O)[C@H]2C[C@@H]2c2ccccc2-c2c(F)cccc2F)C1. The molecule has 2 aromatic rings. The highest BCUT2D eigenvalue weighted by atomic mass is 32.2. The quantitative estimate of drug-likeness (QED) is 0.809. The monoisotopic (exact) mass is 420 g/mol. The summed E-state index contributed by atoms with van der Waals surface area (Å²) in [5, 5.41) is 0. The molecule has 1 amide bonds. The molecule has 4 rings (SSSR count). The molecule has 1 aliphatic carbocycles. The number of sulfonamides is 1. The van der Waals surface area contributed by atoms with Gasteiger partial charge in [-0.1, -0.05) is 30.3 Å². The minimum absolute atomic E-state index is 0.0309. The maximum absolute atomic E-state index is 14.3. The van der Waals surface area contributed by atoms with Crippen LogP contribution in [-0.4, -0.2) is 44.6 Å². The minimum atomic E-state index is -3.32. The largest absolute Gasteiger partial charge is 0.341 e. The van der Waals surface area contributed by atoms with Gasteiger partial charge in [-0.25, -0.2) is 21.9 Å². The van der Waals surface area contributed by atoms with E-state index in [1.807, 2.05) is 6.07 Å². The molecule has 154 valence electrons. The van der Waals surface area contributed by atoms with Crippen LogP contribution in [0, 0.1) is 17.6 Å². The number of carbonyl (C=O) groups is 1. The summed E-state index contributed by atoms with van der Waals surface area (Å²) in [6.45, 7) is 0.845. The van der Waals surface area contributed by atoms with Crippen molar-refractivity contribution in [2.24, 2.45) is 5.92 Å². The Labute approximate surface area is 168 Å². The van der Waals surface area contributed by atoms with Crippen molar-refractivity contribution in [3.63, 3.8) is 0 Å². The number of nitrogens with one attached hydrogen (secondary N) is 1. The number of carbonyl (C=O) groups excluding carboxylic acids is 1. The molecule has 2 aromatic carbocycles. The molecule has 3 atom stereocenters. The molecule has 2 aliphatic rings. The molecule has 0 unspecified atom stereocenters. The van der Waals surface area contributed by atoms with Gasteiger partial charge in [0.25, 0.3) is 0 Å². The average Bonchev–Trinajstić information content (AvgIpc) is 3.32. The van der Waals surface area contributed by atoms with Crippen molar-refractivity contribution >= 4 is 15.9 Å². The molecule has 8 heteroatoms. The highest BCUT2D eigenvalue weighted by Gasteiger charge is 2.47. The minimum Gasteiger partial charge on any atom is -0.341 e. The molecule has 1 heterocycles. The topological polar surface area (TPSA) is 66.5 Å². The zero-order chi connectivity index (χ0) is 20.8. The lowest BCUT2D eigenvalue weighted by Crippen LogP contribution is -2.38. The van der Waals surface area contributed by atoms with E-state index in [2.05, 4.69) is 4.72 Å². The number of rotatable bonds is 5. The number of halogens is 2. The molecule has 1 saturated carbocycles. The fourth-order valence-corrected chi connectivity index (χ4v) is 5.01. The standard InChI is InChI=1S/C21H22F2N2O3S/c1-29(27,28)24-13-9-10-25(12-13)21(26)17-11-16(17)14-5-2-3-6-15(14)20-18(22)7-4-8-19(20)23/h2-8,13,16-17,24H,9-12H2,1H3/t13-,16+,17-/m0/s1. The molecular formula is C21H22F2N2O3S. The lowest BCUT2D eigenvalue weighted by molar-refractivity contribution is -0.131. The van der Waals surface area contributed by atoms with E-state index in [4.69, 9.17) is 0 Å². The predicted molar refractivity (Wildman–Crippen MR) is 106 cm³/mol. The molecule has 29 heavy (non-hydrogen) atoms. The Morgan fingerprint density at radius 1 is 1.10 bits per heavy atom. The van der Waals surface area contributed by atoms with Gasteiger partial charge >= 0.3 is 0 Å². The van der Waals surface area contributed by atoms with E-state index < -0.39 is 21.7 Å². The first kappa shape index (κ1) is 20.0. The number of nitrogens with zero attached hydrogens (tertiary/aromatic N) is 1. The smallest absolute Gasteiger partial charge is 0.226 e. The predicted octanol–water partition coefficient (Wildman–Crippen LogP) is 2.89. The summed E-state index contributed by atoms with van der Waals surface area (Å²) in [5.41, 5.74) is 1.17. The third kappa shape index (κ3) is 4.18. The highest BCUT2D eigenvalue weighted by molar-refractivity contribution is 7.88. The zero-order valence-corrected chi connectivity index (χ0v) is 16.8. The van der Waals surface area contributed by atoms with E-state index in [1.54, 1.807) is 23.1 Å². The van der Waals surface area contributed by atoms with E-state index in [-0.39, 0.29) is 29.3 Å². The first-order valence-electron chi connectivity index (χ1n) is 9.54. The van der Waals surface area contributed by atoms with E-state index >= 15 is 0 Å². The second-order valence-electron chi connectivity index (χ2n) is 7.79. The van der Waals surface area contributed by atoms with Crippen molar-refractivity contribution in [3.8, 4) is 11.1 Å². The van der Waals surface area contributed by atoms with Crippen molar-refractivity contribution in [3.05, 3.63) is 59.7 Å². The molecule has 1 saturated heterocycles. The van der Waals surface area contributed by atoms with E-state index in [9.17, 15) is 22.0 Å². The molecule has 0 radical (unpaired) electrons. The van der Waals surface area contributed by atoms with Crippen LogP contribution < -0.4 is 4.72 Å². The van der Waals surface area contributed by atoms with E-state index in [0.717, 1.165) is 11.8 Å². The van der Waals surface area contributed by atoms with Gasteiger partial charge < -0.3 is 4.90 Å². The molecule has 0 bridgehead atoms. The van der Waals surface area contributed by atoms with E-state index in [1.165, 1.54) is 18.2 Å². The van der Waals surface area contributed by atoms with Gasteiger partial charge in [-0.3, -0.25) is 4.79 Å². The van der Waals surface area contributed by atoms with Crippen LogP contribution in [-0.2, 0) is 14.8 Å². The van der Waals surface area contributed by atoms with Crippen LogP contribution in [0.3, 0.4) is 0 Å². The Hall–Kier alpha value is -2.32. The van der Waals surface area contributed by atoms with Crippen LogP contribution in [0.1, 0.15) is 24.3 Å². The van der Waals surface area contributed by atoms with Gasteiger partial charge in [0.05, 0.1) is 11.8 Å². The Kier molecular flexibility index (Phi) is 5.16. The van der Waals surface area contributed by atoms with Gasteiger partial charge in [-0.15, -0.1) is 0 Å². The second-order valence-corrected chi connectivity index (χ2v) is 9.57. The van der Waals surface area contributed by atoms with Gasteiger partial charge in [0, 0.05) is 25.0 Å². The van der Waals surface area contributed by atoms with E-state index in [0.29, 0.717) is 31.5 Å². The van der Waals surface area contributed by atoms with Crippen molar-refractivity contribution in [1.29, 1.82) is 0 Å². The van der Waals surface area contributed by atoms with Crippen LogP contribution in [0.4, 0.5) is 8.78 Å². The number of hydrogen-bond acceptors (Lipinski definition) is 3. The van der Waals surface area contributed by atoms with Crippen LogP contribution in [0.2, 0.25) is 0 Å². The number of likely N-dealkylation sites (tertiary alicyclic amines) is 1. The Morgan fingerprint density at radius 2 is 1.79 bits per heavy atom. The summed E-state index contributed by atoms with van der Waals surface area (Å²) < 4.78 is 54.0. The summed E-state index contributed by atoms with van der Waals surface area (Å²) in [7, 11) is -3.32. The molecule has 0 aromatic heterocycles. The fraction of sp³-hybridized carbons (Fsp3) is 0.381. The van der Waals surface area contributed by atoms with Gasteiger partial charge in [0.15, 0.2) is 0 Å². The molecule has 5 nitrogen and oxygen atoms in total. The number of hydrogen-bond donors (Lipinski definition) is 1. The third-order valence-electron chi connectivity index (χ3n) is 5.58. The first-order chi connectivity index (χ1) is 13.7. The summed E-state index contributed by atoms with van der Waals surface area (Å²) in [5.74, 6) is -1.63. The molecule has 1 N–H and O–H groups in total. The van der Waals surface area contributed by atoms with Crippen molar-refractivity contribution in [2.75, 3.05) is 19.3 Å². The Bertz CT molecular complexity index is 1040. The van der Waals surface area contributed by atoms with Gasteiger partial charge in [-0.2, -0.15) is 0 Å². The molecular weight excluding hydrogens is 398 g/mol.